The van der Waals surface area contributed by atoms with E-state index in [1.807, 2.05) is 40.5 Å². The molecule has 0 N–H and O–H groups in total. The van der Waals surface area contributed by atoms with Crippen LogP contribution in [0.4, 0.5) is 5.69 Å². The van der Waals surface area contributed by atoms with Crippen LogP contribution in [-0.4, -0.2) is 60.9 Å². The molecular weight excluding hydrogens is 358 g/mol. The van der Waals surface area contributed by atoms with E-state index < -0.39 is 0 Å². The van der Waals surface area contributed by atoms with Crippen LogP contribution in [0.2, 0.25) is 0 Å². The summed E-state index contributed by atoms with van der Waals surface area (Å²) in [7, 11) is 0. The van der Waals surface area contributed by atoms with Crippen molar-refractivity contribution in [1.82, 2.24) is 9.80 Å². The first-order valence-corrected chi connectivity index (χ1v) is 10.5. The van der Waals surface area contributed by atoms with E-state index in [1.165, 1.54) is 4.88 Å². The van der Waals surface area contributed by atoms with Gasteiger partial charge in [-0.25, -0.2) is 0 Å². The molecule has 142 valence electrons. The third-order valence-corrected chi connectivity index (χ3v) is 6.35. The minimum atomic E-state index is 0.0900. The second-order valence-electron chi connectivity index (χ2n) is 7.16. The van der Waals surface area contributed by atoms with Crippen LogP contribution in [0.25, 0.3) is 0 Å². The number of carbonyl (C=O) groups is 2. The molecule has 2 aliphatic heterocycles. The van der Waals surface area contributed by atoms with Gasteiger partial charge in [0.25, 0.3) is 5.91 Å². The van der Waals surface area contributed by atoms with Gasteiger partial charge in [0, 0.05) is 61.8 Å². The summed E-state index contributed by atoms with van der Waals surface area (Å²) in [6, 6.07) is 11.8. The molecule has 2 aromatic rings. The molecule has 2 fully saturated rings. The summed E-state index contributed by atoms with van der Waals surface area (Å²) in [5, 5.41) is 2.12. The van der Waals surface area contributed by atoms with E-state index in [4.69, 9.17) is 0 Å². The Morgan fingerprint density at radius 2 is 1.78 bits per heavy atom. The Morgan fingerprint density at radius 1 is 1.00 bits per heavy atom. The normalized spacial score (nSPS) is 18.3. The van der Waals surface area contributed by atoms with Gasteiger partial charge in [-0.2, -0.15) is 0 Å². The zero-order chi connectivity index (χ0) is 18.6. The molecule has 1 aromatic heterocycles. The Kier molecular flexibility index (Phi) is 5.55. The standard InChI is InChI=1S/C21H25N3O2S/c25-20-4-1-10-24(20)18-7-5-17(6-8-18)21(26)23-14-12-22(13-15-23)11-9-19-3-2-16-27-19/h2-3,5-8,16H,1,4,9-15H2. The van der Waals surface area contributed by atoms with Crippen molar-refractivity contribution in [3.63, 3.8) is 0 Å². The van der Waals surface area contributed by atoms with E-state index in [2.05, 4.69) is 22.4 Å². The van der Waals surface area contributed by atoms with Crippen molar-refractivity contribution < 1.29 is 9.59 Å². The average Bonchev–Trinajstić information content (AvgIpc) is 3.38. The molecule has 27 heavy (non-hydrogen) atoms. The summed E-state index contributed by atoms with van der Waals surface area (Å²) >= 11 is 1.81. The molecule has 0 aliphatic carbocycles. The third kappa shape index (κ3) is 4.22. The molecule has 6 heteroatoms. The maximum atomic E-state index is 12.8. The van der Waals surface area contributed by atoms with Gasteiger partial charge in [0.1, 0.15) is 0 Å². The fraction of sp³-hybridized carbons (Fsp3) is 0.429. The number of hydrogen-bond donors (Lipinski definition) is 0. The largest absolute Gasteiger partial charge is 0.336 e. The van der Waals surface area contributed by atoms with Crippen molar-refractivity contribution >= 4 is 28.8 Å². The molecule has 0 radical (unpaired) electrons. The van der Waals surface area contributed by atoms with Crippen LogP contribution < -0.4 is 4.90 Å². The highest BCUT2D eigenvalue weighted by molar-refractivity contribution is 7.09. The summed E-state index contributed by atoms with van der Waals surface area (Å²) in [6.07, 6.45) is 2.62. The lowest BCUT2D eigenvalue weighted by molar-refractivity contribution is -0.117. The Hall–Kier alpha value is -2.18. The van der Waals surface area contributed by atoms with Gasteiger partial charge in [0.2, 0.25) is 5.91 Å². The minimum Gasteiger partial charge on any atom is -0.336 e. The van der Waals surface area contributed by atoms with E-state index in [1.54, 1.807) is 4.90 Å². The maximum absolute atomic E-state index is 12.8. The molecule has 5 nitrogen and oxygen atoms in total. The first-order valence-electron chi connectivity index (χ1n) is 9.65. The van der Waals surface area contributed by atoms with Gasteiger partial charge >= 0.3 is 0 Å². The molecular formula is C21H25N3O2S. The van der Waals surface area contributed by atoms with Crippen LogP contribution in [0, 0.1) is 0 Å². The third-order valence-electron chi connectivity index (χ3n) is 5.41. The highest BCUT2D eigenvalue weighted by atomic mass is 32.1. The molecule has 4 rings (SSSR count). The van der Waals surface area contributed by atoms with Gasteiger partial charge in [0.05, 0.1) is 0 Å². The second-order valence-corrected chi connectivity index (χ2v) is 8.19. The highest BCUT2D eigenvalue weighted by Gasteiger charge is 2.24. The van der Waals surface area contributed by atoms with Crippen molar-refractivity contribution in [2.45, 2.75) is 19.3 Å². The monoisotopic (exact) mass is 383 g/mol. The van der Waals surface area contributed by atoms with Crippen LogP contribution in [-0.2, 0) is 11.2 Å². The Bertz CT molecular complexity index is 780. The van der Waals surface area contributed by atoms with Crippen LogP contribution >= 0.6 is 11.3 Å². The molecule has 0 atom stereocenters. The van der Waals surface area contributed by atoms with Crippen molar-refractivity contribution in [3.8, 4) is 0 Å². The van der Waals surface area contributed by atoms with Crippen LogP contribution in [0.1, 0.15) is 28.1 Å². The van der Waals surface area contributed by atoms with Gasteiger partial charge in [0.15, 0.2) is 0 Å². The van der Waals surface area contributed by atoms with Crippen LogP contribution in [0.15, 0.2) is 41.8 Å². The fourth-order valence-corrected chi connectivity index (χ4v) is 4.48. The molecule has 1 aromatic carbocycles. The van der Waals surface area contributed by atoms with Crippen LogP contribution in [0.3, 0.4) is 0 Å². The number of hydrogen-bond acceptors (Lipinski definition) is 4. The molecule has 0 bridgehead atoms. The van der Waals surface area contributed by atoms with E-state index in [0.717, 1.165) is 57.8 Å². The number of anilines is 1. The molecule has 2 amide bonds. The minimum absolute atomic E-state index is 0.0900. The van der Waals surface area contributed by atoms with Crippen LogP contribution in [0.5, 0.6) is 0 Å². The number of thiophene rings is 1. The number of nitrogens with zero attached hydrogens (tertiary/aromatic N) is 3. The lowest BCUT2D eigenvalue weighted by Gasteiger charge is -2.34. The van der Waals surface area contributed by atoms with Gasteiger partial charge in [-0.1, -0.05) is 6.07 Å². The average molecular weight is 384 g/mol. The smallest absolute Gasteiger partial charge is 0.253 e. The molecule has 0 spiro atoms. The molecule has 2 aliphatic rings. The number of benzene rings is 1. The molecule has 0 unspecified atom stereocenters. The molecule has 2 saturated heterocycles. The first-order chi connectivity index (χ1) is 13.2. The maximum Gasteiger partial charge on any atom is 0.253 e. The lowest BCUT2D eigenvalue weighted by Crippen LogP contribution is -2.49. The zero-order valence-corrected chi connectivity index (χ0v) is 16.3. The number of rotatable bonds is 5. The van der Waals surface area contributed by atoms with Crippen molar-refractivity contribution in [2.24, 2.45) is 0 Å². The Morgan fingerprint density at radius 3 is 2.41 bits per heavy atom. The lowest BCUT2D eigenvalue weighted by atomic mass is 10.1. The van der Waals surface area contributed by atoms with E-state index in [9.17, 15) is 9.59 Å². The van der Waals surface area contributed by atoms with Gasteiger partial charge < -0.3 is 9.80 Å². The Labute approximate surface area is 164 Å². The first kappa shape index (κ1) is 18.2. The van der Waals surface area contributed by atoms with Gasteiger partial charge in [-0.3, -0.25) is 14.5 Å². The summed E-state index contributed by atoms with van der Waals surface area (Å²) in [5.41, 5.74) is 1.60. The fourth-order valence-electron chi connectivity index (χ4n) is 3.79. The Balaban J connectivity index is 1.29. The number of amides is 2. The SMILES string of the molecule is O=C(c1ccc(N2CCCC2=O)cc1)N1CCN(CCc2cccs2)CC1. The van der Waals surface area contributed by atoms with E-state index in [0.29, 0.717) is 12.0 Å². The van der Waals surface area contributed by atoms with E-state index in [-0.39, 0.29) is 11.8 Å². The summed E-state index contributed by atoms with van der Waals surface area (Å²) in [6.45, 7) is 5.24. The predicted molar refractivity (Wildman–Crippen MR) is 108 cm³/mol. The summed E-state index contributed by atoms with van der Waals surface area (Å²) in [5.74, 6) is 0.264. The number of carbonyl (C=O) groups excluding carboxylic acids is 2. The topological polar surface area (TPSA) is 43.9 Å². The van der Waals surface area contributed by atoms with Crippen molar-refractivity contribution in [2.75, 3.05) is 44.2 Å². The van der Waals surface area contributed by atoms with Crippen molar-refractivity contribution in [1.29, 1.82) is 0 Å². The quantitative estimate of drug-likeness (QED) is 0.797. The van der Waals surface area contributed by atoms with Gasteiger partial charge in [-0.05, 0) is 48.6 Å². The molecule has 0 saturated carbocycles. The molecule has 3 heterocycles. The van der Waals surface area contributed by atoms with Crippen molar-refractivity contribution in [3.05, 3.63) is 52.2 Å². The predicted octanol–water partition coefficient (Wildman–Crippen LogP) is 2.88. The van der Waals surface area contributed by atoms with Gasteiger partial charge in [-0.15, -0.1) is 11.3 Å². The number of piperazine rings is 1. The zero-order valence-electron chi connectivity index (χ0n) is 15.5. The summed E-state index contributed by atoms with van der Waals surface area (Å²) < 4.78 is 0. The highest BCUT2D eigenvalue weighted by Crippen LogP contribution is 2.22. The summed E-state index contributed by atoms with van der Waals surface area (Å²) in [4.78, 5) is 32.2. The van der Waals surface area contributed by atoms with E-state index >= 15 is 0 Å². The second kappa shape index (κ2) is 8.23.